The molecule has 0 spiro atoms. The molecule has 2 heterocycles. The van der Waals surface area contributed by atoms with Crippen LogP contribution in [0.3, 0.4) is 0 Å². The van der Waals surface area contributed by atoms with Crippen LogP contribution in [0.25, 0.3) is 10.6 Å². The average molecular weight is 399 g/mol. The van der Waals surface area contributed by atoms with Crippen LogP contribution >= 0.6 is 22.9 Å². The number of hydrogen-bond acceptors (Lipinski definition) is 5. The Balaban J connectivity index is 1.46. The SMILES string of the molecule is O=C(c1ccccc1)N1CCCN(c2nnc(-c3ccccc3Cl)s2)CC1. The van der Waals surface area contributed by atoms with Crippen LogP contribution in [0.4, 0.5) is 5.13 Å². The second-order valence-corrected chi connectivity index (χ2v) is 7.73. The Hall–Kier alpha value is -2.44. The van der Waals surface area contributed by atoms with Crippen molar-refractivity contribution in [2.75, 3.05) is 31.1 Å². The molecular weight excluding hydrogens is 380 g/mol. The predicted octanol–water partition coefficient (Wildman–Crippen LogP) is 4.21. The van der Waals surface area contributed by atoms with E-state index in [-0.39, 0.29) is 5.91 Å². The van der Waals surface area contributed by atoms with Gasteiger partial charge in [0.15, 0.2) is 5.01 Å². The number of anilines is 1. The number of hydrogen-bond donors (Lipinski definition) is 0. The maximum atomic E-state index is 12.7. The van der Waals surface area contributed by atoms with E-state index in [9.17, 15) is 4.79 Å². The van der Waals surface area contributed by atoms with Crippen LogP contribution in [0.15, 0.2) is 54.6 Å². The third kappa shape index (κ3) is 3.96. The number of benzene rings is 2. The zero-order valence-corrected chi connectivity index (χ0v) is 16.3. The summed E-state index contributed by atoms with van der Waals surface area (Å²) in [5, 5.41) is 11.0. The summed E-state index contributed by atoms with van der Waals surface area (Å²) in [6, 6.07) is 17.1. The second-order valence-electron chi connectivity index (χ2n) is 6.37. The lowest BCUT2D eigenvalue weighted by Gasteiger charge is -2.21. The van der Waals surface area contributed by atoms with Crippen molar-refractivity contribution >= 4 is 34.0 Å². The maximum absolute atomic E-state index is 12.7. The van der Waals surface area contributed by atoms with Crippen molar-refractivity contribution in [1.29, 1.82) is 0 Å². The van der Waals surface area contributed by atoms with Crippen molar-refractivity contribution in [3.05, 3.63) is 65.2 Å². The summed E-state index contributed by atoms with van der Waals surface area (Å²) in [5.74, 6) is 0.0893. The summed E-state index contributed by atoms with van der Waals surface area (Å²) in [5.41, 5.74) is 1.64. The van der Waals surface area contributed by atoms with Crippen LogP contribution in [0, 0.1) is 0 Å². The second kappa shape index (κ2) is 8.06. The average Bonchev–Trinajstić information content (AvgIpc) is 3.06. The lowest BCUT2D eigenvalue weighted by atomic mass is 10.2. The van der Waals surface area contributed by atoms with Gasteiger partial charge in [-0.1, -0.05) is 59.3 Å². The Morgan fingerprint density at radius 1 is 0.926 bits per heavy atom. The molecule has 0 N–H and O–H groups in total. The van der Waals surface area contributed by atoms with Gasteiger partial charge in [-0.2, -0.15) is 0 Å². The summed E-state index contributed by atoms with van der Waals surface area (Å²) in [6.45, 7) is 3.03. The fraction of sp³-hybridized carbons (Fsp3) is 0.250. The largest absolute Gasteiger partial charge is 0.345 e. The number of carbonyl (C=O) groups excluding carboxylic acids is 1. The van der Waals surface area contributed by atoms with Gasteiger partial charge in [-0.25, -0.2) is 0 Å². The van der Waals surface area contributed by atoms with E-state index in [0.717, 1.165) is 47.3 Å². The fourth-order valence-electron chi connectivity index (χ4n) is 3.16. The number of rotatable bonds is 3. The molecule has 1 fully saturated rings. The van der Waals surface area contributed by atoms with Gasteiger partial charge < -0.3 is 9.80 Å². The van der Waals surface area contributed by atoms with E-state index in [4.69, 9.17) is 11.6 Å². The first kappa shape index (κ1) is 17.9. The van der Waals surface area contributed by atoms with Crippen LogP contribution in [0.2, 0.25) is 5.02 Å². The van der Waals surface area contributed by atoms with Crippen LogP contribution in [0.1, 0.15) is 16.8 Å². The zero-order chi connectivity index (χ0) is 18.6. The van der Waals surface area contributed by atoms with Crippen molar-refractivity contribution in [2.45, 2.75) is 6.42 Å². The molecule has 0 atom stereocenters. The molecule has 5 nitrogen and oxygen atoms in total. The first-order valence-electron chi connectivity index (χ1n) is 8.90. The minimum atomic E-state index is 0.0893. The van der Waals surface area contributed by atoms with Gasteiger partial charge in [-0.15, -0.1) is 10.2 Å². The molecule has 7 heteroatoms. The minimum Gasteiger partial charge on any atom is -0.345 e. The summed E-state index contributed by atoms with van der Waals surface area (Å²) in [6.07, 6.45) is 0.902. The van der Waals surface area contributed by atoms with E-state index in [2.05, 4.69) is 15.1 Å². The first-order chi connectivity index (χ1) is 13.2. The Bertz CT molecular complexity index is 930. The van der Waals surface area contributed by atoms with Crippen LogP contribution in [-0.4, -0.2) is 47.2 Å². The molecule has 0 radical (unpaired) electrons. The lowest BCUT2D eigenvalue weighted by molar-refractivity contribution is 0.0767. The Kier molecular flexibility index (Phi) is 5.36. The molecule has 2 aromatic carbocycles. The maximum Gasteiger partial charge on any atom is 0.253 e. The van der Waals surface area contributed by atoms with E-state index in [1.165, 1.54) is 11.3 Å². The molecule has 1 aromatic heterocycles. The Labute approximate surface area is 167 Å². The van der Waals surface area contributed by atoms with Crippen molar-refractivity contribution in [2.24, 2.45) is 0 Å². The van der Waals surface area contributed by atoms with Gasteiger partial charge >= 0.3 is 0 Å². The molecule has 4 rings (SSSR count). The third-order valence-corrected chi connectivity index (χ3v) is 5.94. The van der Waals surface area contributed by atoms with E-state index >= 15 is 0 Å². The highest BCUT2D eigenvalue weighted by Gasteiger charge is 2.22. The summed E-state index contributed by atoms with van der Waals surface area (Å²) < 4.78 is 0. The van der Waals surface area contributed by atoms with Crippen LogP contribution in [0.5, 0.6) is 0 Å². The molecule has 3 aromatic rings. The van der Waals surface area contributed by atoms with E-state index in [1.807, 2.05) is 59.5 Å². The third-order valence-electron chi connectivity index (χ3n) is 4.59. The Morgan fingerprint density at radius 3 is 2.52 bits per heavy atom. The van der Waals surface area contributed by atoms with Crippen molar-refractivity contribution < 1.29 is 4.79 Å². The van der Waals surface area contributed by atoms with Crippen molar-refractivity contribution in [3.8, 4) is 10.6 Å². The molecule has 1 saturated heterocycles. The van der Waals surface area contributed by atoms with Gasteiger partial charge in [-0.3, -0.25) is 4.79 Å². The van der Waals surface area contributed by atoms with Gasteiger partial charge in [0.25, 0.3) is 5.91 Å². The summed E-state index contributed by atoms with van der Waals surface area (Å²) >= 11 is 7.81. The van der Waals surface area contributed by atoms with E-state index in [1.54, 1.807) is 0 Å². The fourth-order valence-corrected chi connectivity index (χ4v) is 4.38. The molecule has 0 bridgehead atoms. The zero-order valence-electron chi connectivity index (χ0n) is 14.7. The number of amides is 1. The number of halogens is 1. The van der Waals surface area contributed by atoms with Gasteiger partial charge in [0.1, 0.15) is 0 Å². The number of nitrogens with zero attached hydrogens (tertiary/aromatic N) is 4. The van der Waals surface area contributed by atoms with Crippen LogP contribution < -0.4 is 4.90 Å². The summed E-state index contributed by atoms with van der Waals surface area (Å²) in [4.78, 5) is 16.8. The molecule has 1 amide bonds. The molecule has 1 aliphatic rings. The minimum absolute atomic E-state index is 0.0893. The Morgan fingerprint density at radius 2 is 1.70 bits per heavy atom. The number of aromatic nitrogens is 2. The monoisotopic (exact) mass is 398 g/mol. The highest BCUT2D eigenvalue weighted by atomic mass is 35.5. The first-order valence-corrected chi connectivity index (χ1v) is 10.1. The van der Waals surface area contributed by atoms with E-state index in [0.29, 0.717) is 11.6 Å². The molecule has 0 aliphatic carbocycles. The molecule has 0 saturated carbocycles. The van der Waals surface area contributed by atoms with Gasteiger partial charge in [0.05, 0.1) is 5.02 Å². The highest BCUT2D eigenvalue weighted by molar-refractivity contribution is 7.18. The smallest absolute Gasteiger partial charge is 0.253 e. The lowest BCUT2D eigenvalue weighted by Crippen LogP contribution is -2.35. The number of carbonyl (C=O) groups is 1. The van der Waals surface area contributed by atoms with Crippen molar-refractivity contribution in [3.63, 3.8) is 0 Å². The predicted molar refractivity (Wildman–Crippen MR) is 110 cm³/mol. The molecule has 1 aliphatic heterocycles. The quantitative estimate of drug-likeness (QED) is 0.663. The molecule has 27 heavy (non-hydrogen) atoms. The van der Waals surface area contributed by atoms with Gasteiger partial charge in [0, 0.05) is 37.3 Å². The van der Waals surface area contributed by atoms with Crippen molar-refractivity contribution in [1.82, 2.24) is 15.1 Å². The normalized spacial score (nSPS) is 14.9. The van der Waals surface area contributed by atoms with Gasteiger partial charge in [0.2, 0.25) is 5.13 Å². The van der Waals surface area contributed by atoms with Gasteiger partial charge in [-0.05, 0) is 24.6 Å². The topological polar surface area (TPSA) is 49.3 Å². The molecular formula is C20H19ClN4OS. The standard InChI is InChI=1S/C20H19ClN4OS/c21-17-10-5-4-9-16(17)18-22-23-20(27-18)25-12-6-11-24(13-14-25)19(26)15-7-2-1-3-8-15/h1-5,7-10H,6,11-14H2. The summed E-state index contributed by atoms with van der Waals surface area (Å²) in [7, 11) is 0. The molecule has 0 unspecified atom stereocenters. The highest BCUT2D eigenvalue weighted by Crippen LogP contribution is 2.33. The molecule has 138 valence electrons. The van der Waals surface area contributed by atoms with Crippen LogP contribution in [-0.2, 0) is 0 Å². The van der Waals surface area contributed by atoms with E-state index < -0.39 is 0 Å².